The summed E-state index contributed by atoms with van der Waals surface area (Å²) in [6.07, 6.45) is 0. The van der Waals surface area contributed by atoms with Gasteiger partial charge in [-0.3, -0.25) is 4.79 Å². The number of hydrogen-bond acceptors (Lipinski definition) is 5. The highest BCUT2D eigenvalue weighted by Gasteiger charge is 2.07. The van der Waals surface area contributed by atoms with E-state index in [1.807, 2.05) is 6.07 Å². The zero-order chi connectivity index (χ0) is 12.6. The number of nitrogens with two attached hydrogens (primary N) is 1. The third-order valence-electron chi connectivity index (χ3n) is 1.61. The van der Waals surface area contributed by atoms with Crippen molar-refractivity contribution >= 4 is 31.2 Å². The van der Waals surface area contributed by atoms with Crippen LogP contribution in [-0.4, -0.2) is 40.0 Å². The van der Waals surface area contributed by atoms with Crippen molar-refractivity contribution in [2.24, 2.45) is 5.73 Å². The molecule has 0 aliphatic rings. The predicted octanol–water partition coefficient (Wildman–Crippen LogP) is -1.31. The van der Waals surface area contributed by atoms with Gasteiger partial charge in [0.2, 0.25) is 0 Å². The molecule has 0 radical (unpaired) electrons. The maximum Gasteiger partial charge on any atom is 0.488 e. The van der Waals surface area contributed by atoms with Crippen molar-refractivity contribution in [1.29, 1.82) is 0 Å². The lowest BCUT2D eigenvalue weighted by molar-refractivity contribution is -0.137. The van der Waals surface area contributed by atoms with Crippen molar-refractivity contribution in [3.8, 4) is 0 Å². The molecule has 0 aliphatic heterocycles. The Morgan fingerprint density at radius 3 is 2.06 bits per heavy atom. The average Bonchev–Trinajstić information content (AvgIpc) is 2.29. The molecule has 0 heterocycles. The van der Waals surface area contributed by atoms with Crippen LogP contribution in [0.3, 0.4) is 0 Å². The number of aliphatic carboxylic acids is 1. The maximum absolute atomic E-state index is 9.76. The summed E-state index contributed by atoms with van der Waals surface area (Å²) in [5, 5.41) is 25.2. The first-order valence-corrected chi connectivity index (χ1v) is 5.12. The van der Waals surface area contributed by atoms with Crippen molar-refractivity contribution < 1.29 is 19.9 Å². The summed E-state index contributed by atoms with van der Waals surface area (Å²) in [6.45, 7) is 0. The summed E-state index contributed by atoms with van der Waals surface area (Å²) < 4.78 is 0. The second kappa shape index (κ2) is 8.17. The van der Waals surface area contributed by atoms with Gasteiger partial charge in [-0.05, 0) is 5.46 Å². The summed E-state index contributed by atoms with van der Waals surface area (Å²) in [4.78, 5) is 9.76. The standard InChI is InChI=1S/C6H7BO2.C3H7NO2S/c8-7(9)6-4-2-1-3-5-6;4-2(1-7)3(5)6/h1-5,8-9H;2,7H,1,4H2,(H,5,6)/t;2-/m.0/s1. The fraction of sp³-hybridized carbons (Fsp3) is 0.222. The zero-order valence-corrected chi connectivity index (χ0v) is 9.42. The molecule has 1 aromatic rings. The molecule has 1 aromatic carbocycles. The molecular weight excluding hydrogens is 229 g/mol. The Hall–Kier alpha value is -1.02. The quantitative estimate of drug-likeness (QED) is 0.335. The first-order chi connectivity index (χ1) is 7.49. The normalized spacial score (nSPS) is 11.0. The van der Waals surface area contributed by atoms with Crippen LogP contribution < -0.4 is 11.2 Å². The highest BCUT2D eigenvalue weighted by Crippen LogP contribution is 1.82. The minimum Gasteiger partial charge on any atom is -0.480 e. The van der Waals surface area contributed by atoms with Crippen molar-refractivity contribution in [2.45, 2.75) is 6.04 Å². The molecule has 0 unspecified atom stereocenters. The van der Waals surface area contributed by atoms with Gasteiger partial charge >= 0.3 is 13.1 Å². The maximum atomic E-state index is 9.76. The third kappa shape index (κ3) is 6.47. The molecule has 16 heavy (non-hydrogen) atoms. The summed E-state index contributed by atoms with van der Waals surface area (Å²) in [7, 11) is -1.34. The third-order valence-corrected chi connectivity index (χ3v) is 2.01. The fourth-order valence-corrected chi connectivity index (χ4v) is 0.859. The van der Waals surface area contributed by atoms with E-state index in [4.69, 9.17) is 20.9 Å². The van der Waals surface area contributed by atoms with E-state index in [2.05, 4.69) is 12.6 Å². The molecule has 0 aliphatic carbocycles. The fourth-order valence-electron chi connectivity index (χ4n) is 0.703. The van der Waals surface area contributed by atoms with Gasteiger partial charge in [-0.2, -0.15) is 12.6 Å². The van der Waals surface area contributed by atoms with Gasteiger partial charge in [0, 0.05) is 5.75 Å². The molecule has 0 fully saturated rings. The van der Waals surface area contributed by atoms with Crippen LogP contribution in [0.2, 0.25) is 0 Å². The molecule has 0 spiro atoms. The van der Waals surface area contributed by atoms with Gasteiger partial charge < -0.3 is 20.9 Å². The van der Waals surface area contributed by atoms with Crippen LogP contribution in [0, 0.1) is 0 Å². The molecule has 1 atom stereocenters. The van der Waals surface area contributed by atoms with E-state index in [9.17, 15) is 4.79 Å². The number of benzene rings is 1. The van der Waals surface area contributed by atoms with Crippen molar-refractivity contribution in [2.75, 3.05) is 5.75 Å². The molecule has 0 amide bonds. The summed E-state index contributed by atoms with van der Waals surface area (Å²) >= 11 is 3.65. The molecule has 0 aromatic heterocycles. The summed E-state index contributed by atoms with van der Waals surface area (Å²) in [6, 6.07) is 7.84. The summed E-state index contributed by atoms with van der Waals surface area (Å²) in [5.74, 6) is -0.815. The molecular formula is C9H14BNO4S. The van der Waals surface area contributed by atoms with E-state index in [1.54, 1.807) is 24.3 Å². The molecule has 0 saturated heterocycles. The molecule has 0 bridgehead atoms. The largest absolute Gasteiger partial charge is 0.488 e. The van der Waals surface area contributed by atoms with Gasteiger partial charge in [-0.15, -0.1) is 0 Å². The number of rotatable bonds is 3. The molecule has 5 N–H and O–H groups in total. The molecule has 88 valence electrons. The Balaban J connectivity index is 0.000000293. The second-order valence-electron chi connectivity index (χ2n) is 2.91. The van der Waals surface area contributed by atoms with E-state index in [0.717, 1.165) is 0 Å². The van der Waals surface area contributed by atoms with Crippen LogP contribution in [0.1, 0.15) is 0 Å². The van der Waals surface area contributed by atoms with Crippen LogP contribution in [0.5, 0.6) is 0 Å². The predicted molar refractivity (Wildman–Crippen MR) is 65.7 cm³/mol. The van der Waals surface area contributed by atoms with Gasteiger partial charge in [0.25, 0.3) is 0 Å². The van der Waals surface area contributed by atoms with Crippen LogP contribution >= 0.6 is 12.6 Å². The Kier molecular flexibility index (Phi) is 7.66. The van der Waals surface area contributed by atoms with Gasteiger partial charge in [-0.1, -0.05) is 30.3 Å². The average molecular weight is 243 g/mol. The van der Waals surface area contributed by atoms with Gasteiger partial charge in [0.1, 0.15) is 6.04 Å². The van der Waals surface area contributed by atoms with Crippen molar-refractivity contribution in [3.05, 3.63) is 30.3 Å². The Labute approximate surface area is 99.5 Å². The zero-order valence-electron chi connectivity index (χ0n) is 8.52. The molecule has 7 heteroatoms. The number of carboxylic acids is 1. The lowest BCUT2D eigenvalue weighted by atomic mass is 9.81. The van der Waals surface area contributed by atoms with Gasteiger partial charge in [-0.25, -0.2) is 0 Å². The Bertz CT molecular complexity index is 310. The van der Waals surface area contributed by atoms with Gasteiger partial charge in [0.15, 0.2) is 0 Å². The highest BCUT2D eigenvalue weighted by atomic mass is 32.1. The second-order valence-corrected chi connectivity index (χ2v) is 3.28. The number of thiol groups is 1. The van der Waals surface area contributed by atoms with Crippen LogP contribution in [-0.2, 0) is 4.79 Å². The summed E-state index contributed by atoms with van der Waals surface area (Å²) in [5.41, 5.74) is 5.47. The minimum atomic E-state index is -1.34. The van der Waals surface area contributed by atoms with E-state index < -0.39 is 19.1 Å². The van der Waals surface area contributed by atoms with Crippen LogP contribution in [0.4, 0.5) is 0 Å². The lowest BCUT2D eigenvalue weighted by Gasteiger charge is -1.96. The van der Waals surface area contributed by atoms with Crippen LogP contribution in [0.15, 0.2) is 30.3 Å². The van der Waals surface area contributed by atoms with Gasteiger partial charge in [0.05, 0.1) is 0 Å². The van der Waals surface area contributed by atoms with Crippen molar-refractivity contribution in [3.63, 3.8) is 0 Å². The van der Waals surface area contributed by atoms with E-state index in [-0.39, 0.29) is 5.75 Å². The van der Waals surface area contributed by atoms with E-state index in [0.29, 0.717) is 5.46 Å². The van der Waals surface area contributed by atoms with E-state index >= 15 is 0 Å². The topological polar surface area (TPSA) is 104 Å². The van der Waals surface area contributed by atoms with Crippen LogP contribution in [0.25, 0.3) is 0 Å². The first kappa shape index (κ1) is 15.0. The molecule has 0 saturated carbocycles. The van der Waals surface area contributed by atoms with E-state index in [1.165, 1.54) is 0 Å². The number of carboxylic acid groups (broad SMARTS) is 1. The highest BCUT2D eigenvalue weighted by molar-refractivity contribution is 7.80. The Morgan fingerprint density at radius 1 is 1.38 bits per heavy atom. The monoisotopic (exact) mass is 243 g/mol. The SMILES string of the molecule is N[C@@H](CS)C(=O)O.OB(O)c1ccccc1. The lowest BCUT2D eigenvalue weighted by Crippen LogP contribution is -2.31. The Morgan fingerprint density at radius 2 is 1.88 bits per heavy atom. The smallest absolute Gasteiger partial charge is 0.480 e. The molecule has 1 rings (SSSR count). The number of hydrogen-bond donors (Lipinski definition) is 5. The first-order valence-electron chi connectivity index (χ1n) is 4.49. The minimum absolute atomic E-state index is 0.190. The molecule has 5 nitrogen and oxygen atoms in total. The number of carbonyl (C=O) groups is 1. The van der Waals surface area contributed by atoms with Crippen molar-refractivity contribution in [1.82, 2.24) is 0 Å².